The third-order valence-corrected chi connectivity index (χ3v) is 7.90. The van der Waals surface area contributed by atoms with Crippen molar-refractivity contribution in [3.8, 4) is 0 Å². The van der Waals surface area contributed by atoms with E-state index >= 15 is 0 Å². The number of aliphatic hydroxyl groups excluding tert-OH is 3. The molecular weight excluding hydrogens is 510 g/mol. The summed E-state index contributed by atoms with van der Waals surface area (Å²) in [5, 5.41) is 31.8. The number of rotatable bonds is 23. The Labute approximate surface area is 240 Å². The summed E-state index contributed by atoms with van der Waals surface area (Å²) in [4.78, 5) is 28.4. The van der Waals surface area contributed by atoms with Crippen molar-refractivity contribution < 1.29 is 24.9 Å². The Hall–Kier alpha value is -1.81. The highest BCUT2D eigenvalue weighted by molar-refractivity contribution is 5.89. The number of amides is 1. The molecule has 0 aliphatic carbocycles. The first kappa shape index (κ1) is 34.4. The monoisotopic (exact) mass is 565 g/mol. The minimum atomic E-state index is -1.37. The number of carbonyl (C=O) groups excluding carboxylic acids is 1. The van der Waals surface area contributed by atoms with E-state index in [0.717, 1.165) is 23.8 Å². The van der Waals surface area contributed by atoms with Gasteiger partial charge in [-0.1, -0.05) is 122 Å². The van der Waals surface area contributed by atoms with E-state index in [4.69, 9.17) is 4.74 Å². The molecular formula is C31H55N3O6. The number of hydrogen-bond donors (Lipinski definition) is 4. The maximum atomic E-state index is 12.4. The maximum absolute atomic E-state index is 12.4. The molecule has 1 fully saturated rings. The topological polar surface area (TPSA) is 134 Å². The van der Waals surface area contributed by atoms with Gasteiger partial charge in [0.05, 0.1) is 6.61 Å². The summed E-state index contributed by atoms with van der Waals surface area (Å²) >= 11 is 0. The van der Waals surface area contributed by atoms with Crippen molar-refractivity contribution in [2.24, 2.45) is 0 Å². The van der Waals surface area contributed by atoms with Crippen LogP contribution >= 0.6 is 0 Å². The lowest BCUT2D eigenvalue weighted by atomic mass is 10.0. The number of aliphatic hydroxyl groups is 3. The molecule has 0 spiro atoms. The highest BCUT2D eigenvalue weighted by Gasteiger charge is 2.43. The summed E-state index contributed by atoms with van der Waals surface area (Å²) in [6, 6.07) is 1.45. The molecule has 2 heterocycles. The molecule has 0 saturated carbocycles. The average molecular weight is 566 g/mol. The van der Waals surface area contributed by atoms with Crippen LogP contribution in [-0.2, 0) is 9.53 Å². The van der Waals surface area contributed by atoms with Crippen LogP contribution in [0.15, 0.2) is 17.1 Å². The molecule has 230 valence electrons. The maximum Gasteiger partial charge on any atom is 0.351 e. The number of anilines is 1. The molecule has 0 aromatic carbocycles. The van der Waals surface area contributed by atoms with Crippen molar-refractivity contribution >= 4 is 11.7 Å². The molecule has 1 amide bonds. The zero-order chi connectivity index (χ0) is 29.0. The number of hydrogen-bond acceptors (Lipinski definition) is 7. The second kappa shape index (κ2) is 21.0. The molecule has 9 heteroatoms. The minimum Gasteiger partial charge on any atom is -0.394 e. The van der Waals surface area contributed by atoms with Gasteiger partial charge in [0.15, 0.2) is 6.23 Å². The SMILES string of the molecule is CCCCCCCCCCCCCCCCCCCCCC(=O)Nc1ccn([C@@H]2O[C@@H](CO)[C@@H](O)[C@@H]2O)c(=O)n1. The Balaban J connectivity index is 1.43. The van der Waals surface area contributed by atoms with Crippen LogP contribution in [0.4, 0.5) is 5.82 Å². The normalized spacial score (nSPS) is 20.7. The van der Waals surface area contributed by atoms with E-state index in [1.807, 2.05) is 0 Å². The predicted octanol–water partition coefficient (Wildman–Crippen LogP) is 5.62. The molecule has 0 bridgehead atoms. The number of unbranched alkanes of at least 4 members (excludes halogenated alkanes) is 18. The molecule has 40 heavy (non-hydrogen) atoms. The second-order valence-corrected chi connectivity index (χ2v) is 11.4. The Morgan fingerprint density at radius 3 is 1.73 bits per heavy atom. The summed E-state index contributed by atoms with van der Waals surface area (Å²) < 4.78 is 6.40. The first-order valence-corrected chi connectivity index (χ1v) is 16.0. The van der Waals surface area contributed by atoms with Crippen LogP contribution in [0.25, 0.3) is 0 Å². The molecule has 9 nitrogen and oxygen atoms in total. The van der Waals surface area contributed by atoms with E-state index in [2.05, 4.69) is 17.2 Å². The van der Waals surface area contributed by atoms with Crippen molar-refractivity contribution in [1.29, 1.82) is 0 Å². The third-order valence-electron chi connectivity index (χ3n) is 7.90. The molecule has 0 radical (unpaired) electrons. The van der Waals surface area contributed by atoms with E-state index in [1.54, 1.807) is 0 Å². The molecule has 1 saturated heterocycles. The molecule has 4 atom stereocenters. The minimum absolute atomic E-state index is 0.135. The summed E-state index contributed by atoms with van der Waals surface area (Å²) in [5.41, 5.74) is -0.726. The van der Waals surface area contributed by atoms with Crippen LogP contribution in [0.5, 0.6) is 0 Å². The van der Waals surface area contributed by atoms with E-state index in [1.165, 1.54) is 115 Å². The molecule has 1 aromatic rings. The number of carbonyl (C=O) groups is 1. The molecule has 1 aliphatic rings. The largest absolute Gasteiger partial charge is 0.394 e. The lowest BCUT2D eigenvalue weighted by molar-refractivity contribution is -0.116. The standard InChI is InChI=1S/C31H55N3O6/c1-2-3-4-5-6-7-8-9-10-11-12-13-14-15-16-17-18-19-20-21-27(36)32-26-22-23-34(31(39)33-26)30-29(38)28(37)25(24-35)40-30/h22-23,25,28-30,35,37-38H,2-21,24H2,1H3,(H,32,33,36,39)/t25-,28+,29-,30+/m0/s1. The highest BCUT2D eigenvalue weighted by Crippen LogP contribution is 2.28. The van der Waals surface area contributed by atoms with Crippen LogP contribution in [0.2, 0.25) is 0 Å². The van der Waals surface area contributed by atoms with Gasteiger partial charge < -0.3 is 25.4 Å². The fourth-order valence-electron chi connectivity index (χ4n) is 5.36. The van der Waals surface area contributed by atoms with E-state index < -0.39 is 36.8 Å². The zero-order valence-electron chi connectivity index (χ0n) is 24.8. The number of nitrogens with one attached hydrogen (secondary N) is 1. The molecule has 2 rings (SSSR count). The van der Waals surface area contributed by atoms with Crippen molar-refractivity contribution in [2.45, 2.75) is 160 Å². The van der Waals surface area contributed by atoms with Gasteiger partial charge in [0.1, 0.15) is 24.1 Å². The van der Waals surface area contributed by atoms with Crippen LogP contribution in [0.1, 0.15) is 142 Å². The summed E-state index contributed by atoms with van der Waals surface area (Å²) in [6.45, 7) is 1.79. The summed E-state index contributed by atoms with van der Waals surface area (Å²) in [5.74, 6) is -0.0552. The van der Waals surface area contributed by atoms with Gasteiger partial charge in [-0.2, -0.15) is 4.98 Å². The predicted molar refractivity (Wildman–Crippen MR) is 158 cm³/mol. The molecule has 1 aromatic heterocycles. The summed E-state index contributed by atoms with van der Waals surface area (Å²) in [6.07, 6.45) is 21.7. The first-order valence-electron chi connectivity index (χ1n) is 16.0. The number of ether oxygens (including phenoxy) is 1. The fraction of sp³-hybridized carbons (Fsp3) is 0.839. The van der Waals surface area contributed by atoms with Gasteiger partial charge in [-0.15, -0.1) is 0 Å². The smallest absolute Gasteiger partial charge is 0.351 e. The number of aromatic nitrogens is 2. The van der Waals surface area contributed by atoms with Gasteiger partial charge >= 0.3 is 5.69 Å². The van der Waals surface area contributed by atoms with Crippen LogP contribution in [0, 0.1) is 0 Å². The van der Waals surface area contributed by atoms with Gasteiger partial charge in [-0.05, 0) is 12.5 Å². The average Bonchev–Trinajstić information content (AvgIpc) is 3.23. The van der Waals surface area contributed by atoms with Crippen LogP contribution in [-0.4, -0.2) is 55.7 Å². The lowest BCUT2D eigenvalue weighted by Crippen LogP contribution is -2.36. The highest BCUT2D eigenvalue weighted by atomic mass is 16.6. The Kier molecular flexibility index (Phi) is 18.0. The Morgan fingerprint density at radius 2 is 1.30 bits per heavy atom. The summed E-state index contributed by atoms with van der Waals surface area (Å²) in [7, 11) is 0. The Bertz CT molecular complexity index is 864. The molecule has 4 N–H and O–H groups in total. The van der Waals surface area contributed by atoms with E-state index in [0.29, 0.717) is 6.42 Å². The first-order chi connectivity index (χ1) is 19.5. The van der Waals surface area contributed by atoms with Crippen LogP contribution < -0.4 is 11.0 Å². The fourth-order valence-corrected chi connectivity index (χ4v) is 5.36. The lowest BCUT2D eigenvalue weighted by Gasteiger charge is -2.17. The van der Waals surface area contributed by atoms with Gasteiger partial charge in [0.2, 0.25) is 5.91 Å². The van der Waals surface area contributed by atoms with Crippen molar-refractivity contribution in [3.05, 3.63) is 22.7 Å². The van der Waals surface area contributed by atoms with Crippen LogP contribution in [0.3, 0.4) is 0 Å². The van der Waals surface area contributed by atoms with Crippen molar-refractivity contribution in [3.63, 3.8) is 0 Å². The van der Waals surface area contributed by atoms with Gasteiger partial charge in [0.25, 0.3) is 0 Å². The second-order valence-electron chi connectivity index (χ2n) is 11.4. The zero-order valence-corrected chi connectivity index (χ0v) is 24.8. The molecule has 0 unspecified atom stereocenters. The van der Waals surface area contributed by atoms with Crippen molar-refractivity contribution in [1.82, 2.24) is 9.55 Å². The third kappa shape index (κ3) is 13.2. The quantitative estimate of drug-likeness (QED) is 0.127. The van der Waals surface area contributed by atoms with Gasteiger partial charge in [0, 0.05) is 12.6 Å². The Morgan fingerprint density at radius 1 is 0.825 bits per heavy atom. The number of nitrogens with zero attached hydrogens (tertiary/aromatic N) is 2. The molecule has 1 aliphatic heterocycles. The van der Waals surface area contributed by atoms with Crippen molar-refractivity contribution in [2.75, 3.05) is 11.9 Å². The van der Waals surface area contributed by atoms with E-state index in [-0.39, 0.29) is 11.7 Å². The van der Waals surface area contributed by atoms with E-state index in [9.17, 15) is 24.9 Å². The van der Waals surface area contributed by atoms with Gasteiger partial charge in [-0.25, -0.2) is 4.79 Å². The van der Waals surface area contributed by atoms with Gasteiger partial charge in [-0.3, -0.25) is 9.36 Å².